The van der Waals surface area contributed by atoms with Gasteiger partial charge in [0.2, 0.25) is 0 Å². The van der Waals surface area contributed by atoms with Crippen molar-refractivity contribution >= 4 is 28.2 Å². The molecule has 0 spiro atoms. The smallest absolute Gasteiger partial charge is 0.162 e. The number of fused-ring (bicyclic) bond motifs is 2. The molecular formula is C16H19ClN2O2. The predicted molar refractivity (Wildman–Crippen MR) is 85.7 cm³/mol. The van der Waals surface area contributed by atoms with Gasteiger partial charge in [-0.3, -0.25) is 0 Å². The second-order valence-electron chi connectivity index (χ2n) is 5.44. The lowest BCUT2D eigenvalue weighted by Gasteiger charge is -2.22. The Kier molecular flexibility index (Phi) is 4.06. The Hall–Kier alpha value is -1.68. The molecule has 112 valence electrons. The molecule has 0 saturated heterocycles. The molecule has 2 aromatic rings. The number of rotatable bonds is 4. The number of benzene rings is 1. The van der Waals surface area contributed by atoms with Crippen LogP contribution in [0.1, 0.15) is 13.8 Å². The molecule has 0 bridgehead atoms. The van der Waals surface area contributed by atoms with Crippen LogP contribution < -0.4 is 14.8 Å². The third-order valence-corrected chi connectivity index (χ3v) is 4.38. The van der Waals surface area contributed by atoms with Gasteiger partial charge in [0.05, 0.1) is 0 Å². The largest absolute Gasteiger partial charge is 0.486 e. The van der Waals surface area contributed by atoms with E-state index in [0.29, 0.717) is 25.0 Å². The lowest BCUT2D eigenvalue weighted by Crippen LogP contribution is -2.25. The van der Waals surface area contributed by atoms with Crippen molar-refractivity contribution in [1.82, 2.24) is 4.98 Å². The Balaban J connectivity index is 1.99. The number of anilines is 1. The van der Waals surface area contributed by atoms with Gasteiger partial charge in [0.25, 0.3) is 0 Å². The second kappa shape index (κ2) is 5.98. The predicted octanol–water partition coefficient (Wildman–Crippen LogP) is 3.68. The summed E-state index contributed by atoms with van der Waals surface area (Å²) in [4.78, 5) is 4.46. The van der Waals surface area contributed by atoms with Crippen molar-refractivity contribution in [3.63, 3.8) is 0 Å². The van der Waals surface area contributed by atoms with E-state index in [0.717, 1.165) is 28.1 Å². The third kappa shape index (κ3) is 2.86. The highest BCUT2D eigenvalue weighted by Gasteiger charge is 2.16. The van der Waals surface area contributed by atoms with Crippen molar-refractivity contribution in [3.05, 3.63) is 24.4 Å². The van der Waals surface area contributed by atoms with Crippen LogP contribution in [0.5, 0.6) is 11.5 Å². The van der Waals surface area contributed by atoms with Crippen LogP contribution in [0.15, 0.2) is 24.4 Å². The van der Waals surface area contributed by atoms with Gasteiger partial charge in [0.1, 0.15) is 19.0 Å². The van der Waals surface area contributed by atoms with Gasteiger partial charge in [-0.05, 0) is 36.4 Å². The van der Waals surface area contributed by atoms with Gasteiger partial charge in [-0.15, -0.1) is 11.6 Å². The van der Waals surface area contributed by atoms with Crippen molar-refractivity contribution in [1.29, 1.82) is 0 Å². The van der Waals surface area contributed by atoms with E-state index < -0.39 is 0 Å². The van der Waals surface area contributed by atoms with Crippen LogP contribution in [-0.2, 0) is 0 Å². The van der Waals surface area contributed by atoms with Crippen LogP contribution in [0, 0.1) is 5.92 Å². The van der Waals surface area contributed by atoms with E-state index in [-0.39, 0.29) is 6.04 Å². The van der Waals surface area contributed by atoms with E-state index in [1.165, 1.54) is 0 Å². The maximum atomic E-state index is 5.93. The standard InChI is InChI=1S/C16H19ClN2O2/c1-10(9-17)11(2)19-16-13-8-15-14(20-5-6-21-15)7-12(13)3-4-18-16/h3-4,7-8,10-11H,5-6,9H2,1-2H3,(H,18,19). The van der Waals surface area contributed by atoms with Crippen LogP contribution in [0.3, 0.4) is 0 Å². The Morgan fingerprint density at radius 1 is 1.24 bits per heavy atom. The van der Waals surface area contributed by atoms with Gasteiger partial charge in [-0.25, -0.2) is 4.98 Å². The number of halogens is 1. The van der Waals surface area contributed by atoms with E-state index in [4.69, 9.17) is 21.1 Å². The summed E-state index contributed by atoms with van der Waals surface area (Å²) in [6, 6.07) is 6.23. The zero-order chi connectivity index (χ0) is 14.8. The summed E-state index contributed by atoms with van der Waals surface area (Å²) in [6.45, 7) is 5.42. The highest BCUT2D eigenvalue weighted by Crippen LogP contribution is 2.36. The number of alkyl halides is 1. The van der Waals surface area contributed by atoms with Gasteiger partial charge < -0.3 is 14.8 Å². The molecule has 2 unspecified atom stereocenters. The molecule has 0 aliphatic carbocycles. The maximum absolute atomic E-state index is 5.93. The second-order valence-corrected chi connectivity index (χ2v) is 5.75. The molecular weight excluding hydrogens is 288 g/mol. The van der Waals surface area contributed by atoms with E-state index in [2.05, 4.69) is 24.1 Å². The molecule has 4 nitrogen and oxygen atoms in total. The van der Waals surface area contributed by atoms with Crippen molar-refractivity contribution in [2.24, 2.45) is 5.92 Å². The quantitative estimate of drug-likeness (QED) is 0.875. The number of nitrogens with zero attached hydrogens (tertiary/aromatic N) is 1. The Bertz CT molecular complexity index is 647. The first-order valence-electron chi connectivity index (χ1n) is 7.20. The molecule has 5 heteroatoms. The third-order valence-electron chi connectivity index (χ3n) is 3.89. The first kappa shape index (κ1) is 14.3. The fourth-order valence-corrected chi connectivity index (χ4v) is 2.58. The highest BCUT2D eigenvalue weighted by atomic mass is 35.5. The number of aromatic nitrogens is 1. The van der Waals surface area contributed by atoms with Crippen molar-refractivity contribution in [2.75, 3.05) is 24.4 Å². The van der Waals surface area contributed by atoms with E-state index in [9.17, 15) is 0 Å². The highest BCUT2D eigenvalue weighted by molar-refractivity contribution is 6.18. The minimum Gasteiger partial charge on any atom is -0.486 e. The van der Waals surface area contributed by atoms with Crippen molar-refractivity contribution < 1.29 is 9.47 Å². The molecule has 0 radical (unpaired) electrons. The Labute approximate surface area is 129 Å². The molecule has 1 aromatic heterocycles. The summed E-state index contributed by atoms with van der Waals surface area (Å²) in [5.41, 5.74) is 0. The van der Waals surface area contributed by atoms with E-state index in [1.54, 1.807) is 6.20 Å². The molecule has 1 aliphatic rings. The fraction of sp³-hybridized carbons (Fsp3) is 0.438. The zero-order valence-corrected chi connectivity index (χ0v) is 13.0. The molecule has 1 aromatic carbocycles. The van der Waals surface area contributed by atoms with Gasteiger partial charge in [0.15, 0.2) is 11.5 Å². The van der Waals surface area contributed by atoms with E-state index >= 15 is 0 Å². The summed E-state index contributed by atoms with van der Waals surface area (Å²) in [5, 5.41) is 5.57. The van der Waals surface area contributed by atoms with Gasteiger partial charge >= 0.3 is 0 Å². The molecule has 2 heterocycles. The summed E-state index contributed by atoms with van der Waals surface area (Å²) < 4.78 is 11.3. The molecule has 1 N–H and O–H groups in total. The van der Waals surface area contributed by atoms with Crippen molar-refractivity contribution in [2.45, 2.75) is 19.9 Å². The van der Waals surface area contributed by atoms with Gasteiger partial charge in [-0.2, -0.15) is 0 Å². The average Bonchev–Trinajstić information content (AvgIpc) is 2.52. The molecule has 1 aliphatic heterocycles. The minimum atomic E-state index is 0.244. The van der Waals surface area contributed by atoms with Crippen LogP contribution in [-0.4, -0.2) is 30.1 Å². The van der Waals surface area contributed by atoms with Gasteiger partial charge in [-0.1, -0.05) is 6.92 Å². The number of ether oxygens (including phenoxy) is 2. The summed E-state index contributed by atoms with van der Waals surface area (Å²) in [7, 11) is 0. The lowest BCUT2D eigenvalue weighted by atomic mass is 10.1. The lowest BCUT2D eigenvalue weighted by molar-refractivity contribution is 0.172. The number of nitrogens with one attached hydrogen (secondary N) is 1. The first-order chi connectivity index (χ1) is 10.2. The maximum Gasteiger partial charge on any atom is 0.162 e. The molecule has 0 amide bonds. The Morgan fingerprint density at radius 2 is 1.95 bits per heavy atom. The molecule has 2 atom stereocenters. The summed E-state index contributed by atoms with van der Waals surface area (Å²) in [6.07, 6.45) is 1.80. The molecule has 21 heavy (non-hydrogen) atoms. The van der Waals surface area contributed by atoms with Crippen LogP contribution in [0.25, 0.3) is 10.8 Å². The first-order valence-corrected chi connectivity index (χ1v) is 7.73. The van der Waals surface area contributed by atoms with E-state index in [1.807, 2.05) is 18.2 Å². The van der Waals surface area contributed by atoms with Crippen LogP contribution >= 0.6 is 11.6 Å². The van der Waals surface area contributed by atoms with Gasteiger partial charge in [0, 0.05) is 23.5 Å². The van der Waals surface area contributed by atoms with Crippen molar-refractivity contribution in [3.8, 4) is 11.5 Å². The number of pyridine rings is 1. The normalized spacial score (nSPS) is 16.5. The molecule has 3 rings (SSSR count). The summed E-state index contributed by atoms with van der Waals surface area (Å²) >= 11 is 5.93. The average molecular weight is 307 g/mol. The monoisotopic (exact) mass is 306 g/mol. The fourth-order valence-electron chi connectivity index (χ4n) is 2.32. The van der Waals surface area contributed by atoms with Crippen LogP contribution in [0.2, 0.25) is 0 Å². The van der Waals surface area contributed by atoms with Crippen LogP contribution in [0.4, 0.5) is 5.82 Å². The Morgan fingerprint density at radius 3 is 2.67 bits per heavy atom. The number of hydrogen-bond donors (Lipinski definition) is 1. The summed E-state index contributed by atoms with van der Waals surface area (Å²) in [5.74, 6) is 3.41. The molecule has 0 fully saturated rings. The SMILES string of the molecule is CC(CCl)C(C)Nc1nccc2cc3c(cc12)OCCO3. The zero-order valence-electron chi connectivity index (χ0n) is 12.2. The topological polar surface area (TPSA) is 43.4 Å². The molecule has 0 saturated carbocycles. The number of hydrogen-bond acceptors (Lipinski definition) is 4. The minimum absolute atomic E-state index is 0.244.